The van der Waals surface area contributed by atoms with Crippen LogP contribution in [0.4, 0.5) is 0 Å². The summed E-state index contributed by atoms with van der Waals surface area (Å²) < 4.78 is 7.08. The van der Waals surface area contributed by atoms with Gasteiger partial charge in [0.2, 0.25) is 0 Å². The number of rotatable bonds is 4. The Morgan fingerprint density at radius 3 is 2.84 bits per heavy atom. The van der Waals surface area contributed by atoms with Gasteiger partial charge in [-0.1, -0.05) is 4.68 Å². The van der Waals surface area contributed by atoms with Crippen LogP contribution in [0.1, 0.15) is 22.5 Å². The molecule has 1 N–H and O–H groups in total. The lowest BCUT2D eigenvalue weighted by molar-refractivity contribution is -0.747. The monoisotopic (exact) mass is 277 g/mol. The van der Waals surface area contributed by atoms with E-state index in [1.807, 2.05) is 29.8 Å². The zero-order valence-electron chi connectivity index (χ0n) is 11.3. The molecule has 19 heavy (non-hydrogen) atoms. The minimum Gasteiger partial charge on any atom is -0.508 e. The van der Waals surface area contributed by atoms with Crippen LogP contribution >= 0.6 is 11.3 Å². The van der Waals surface area contributed by atoms with Crippen LogP contribution in [0, 0.1) is 6.92 Å². The van der Waals surface area contributed by atoms with Gasteiger partial charge < -0.3 is 9.84 Å². The second-order valence-electron chi connectivity index (χ2n) is 4.07. The Hall–Kier alpha value is -1.88. The molecule has 1 heterocycles. The van der Waals surface area contributed by atoms with Crippen LogP contribution in [-0.2, 0) is 6.54 Å². The van der Waals surface area contributed by atoms with E-state index < -0.39 is 0 Å². The van der Waals surface area contributed by atoms with Crippen molar-refractivity contribution in [1.82, 2.24) is 5.10 Å². The maximum atomic E-state index is 9.60. The number of nitrogens with zero attached hydrogens (tertiary/aromatic N) is 2. The van der Waals surface area contributed by atoms with E-state index in [4.69, 9.17) is 4.74 Å². The first-order chi connectivity index (χ1) is 9.12. The predicted molar refractivity (Wildman–Crippen MR) is 76.3 cm³/mol. The van der Waals surface area contributed by atoms with Gasteiger partial charge in [-0.2, -0.15) is 0 Å². The Morgan fingerprint density at radius 1 is 1.37 bits per heavy atom. The van der Waals surface area contributed by atoms with Crippen molar-refractivity contribution in [3.8, 4) is 11.5 Å². The molecule has 0 aliphatic carbocycles. The number of phenolic OH excluding ortho intramolecular Hbond substituents is 1. The molecule has 0 unspecified atom stereocenters. The quantitative estimate of drug-likeness (QED) is 0.874. The topological polar surface area (TPSA) is 46.2 Å². The van der Waals surface area contributed by atoms with Crippen molar-refractivity contribution in [3.63, 3.8) is 0 Å². The molecular formula is C14H17N2O2S+. The van der Waals surface area contributed by atoms with E-state index >= 15 is 0 Å². The van der Waals surface area contributed by atoms with Crippen molar-refractivity contribution in [2.24, 2.45) is 0 Å². The highest BCUT2D eigenvalue weighted by molar-refractivity contribution is 7.11. The van der Waals surface area contributed by atoms with Gasteiger partial charge in [0.25, 0.3) is 5.01 Å². The van der Waals surface area contributed by atoms with Crippen LogP contribution in [0.25, 0.3) is 12.2 Å². The molecule has 0 saturated carbocycles. The van der Waals surface area contributed by atoms with Crippen molar-refractivity contribution < 1.29 is 14.5 Å². The van der Waals surface area contributed by atoms with Crippen LogP contribution in [0.5, 0.6) is 11.5 Å². The Morgan fingerprint density at radius 2 is 2.16 bits per heavy atom. The van der Waals surface area contributed by atoms with Crippen molar-refractivity contribution in [1.29, 1.82) is 0 Å². The average molecular weight is 277 g/mol. The molecule has 0 bridgehead atoms. The summed E-state index contributed by atoms with van der Waals surface area (Å²) >= 11 is 1.64. The number of phenols is 1. The standard InChI is InChI=1S/C14H16N2O2S/c1-4-16-14(19-10(2)15-16)6-5-11-7-12(17)9-13(8-11)18-3/h5-9H,4H2,1-3H3/p+1. The van der Waals surface area contributed by atoms with Gasteiger partial charge in [0.15, 0.2) is 11.6 Å². The zero-order valence-corrected chi connectivity index (χ0v) is 12.1. The highest BCUT2D eigenvalue weighted by atomic mass is 32.1. The molecule has 1 aromatic carbocycles. The molecule has 0 atom stereocenters. The van der Waals surface area contributed by atoms with Gasteiger partial charge in [0.1, 0.15) is 11.5 Å². The summed E-state index contributed by atoms with van der Waals surface area (Å²) in [7, 11) is 1.58. The third-order valence-electron chi connectivity index (χ3n) is 2.64. The molecule has 0 saturated heterocycles. The Bertz CT molecular complexity index is 605. The van der Waals surface area contributed by atoms with Crippen LogP contribution in [-0.4, -0.2) is 17.3 Å². The van der Waals surface area contributed by atoms with Gasteiger partial charge in [0.05, 0.1) is 7.11 Å². The van der Waals surface area contributed by atoms with Gasteiger partial charge in [-0.25, -0.2) is 0 Å². The first-order valence-corrected chi connectivity index (χ1v) is 6.87. The van der Waals surface area contributed by atoms with Crippen molar-refractivity contribution in [2.45, 2.75) is 20.4 Å². The first kappa shape index (κ1) is 13.5. The molecule has 0 aliphatic rings. The van der Waals surface area contributed by atoms with Crippen LogP contribution in [0.3, 0.4) is 0 Å². The largest absolute Gasteiger partial charge is 0.508 e. The molecule has 5 heteroatoms. The summed E-state index contributed by atoms with van der Waals surface area (Å²) in [5, 5.41) is 16.1. The summed E-state index contributed by atoms with van der Waals surface area (Å²) in [6, 6.07) is 5.16. The van der Waals surface area contributed by atoms with E-state index in [0.29, 0.717) is 5.75 Å². The van der Waals surface area contributed by atoms with Crippen LogP contribution in [0.15, 0.2) is 18.2 Å². The summed E-state index contributed by atoms with van der Waals surface area (Å²) in [4.78, 5) is 0. The fourth-order valence-corrected chi connectivity index (χ4v) is 2.63. The normalized spacial score (nSPS) is 11.1. The molecule has 0 fully saturated rings. The van der Waals surface area contributed by atoms with Gasteiger partial charge in [-0.05, 0) is 49.0 Å². The van der Waals surface area contributed by atoms with E-state index in [1.54, 1.807) is 30.6 Å². The average Bonchev–Trinajstić information content (AvgIpc) is 2.76. The number of aryl methyl sites for hydroxylation is 2. The Labute approximate surface area is 116 Å². The second kappa shape index (κ2) is 5.84. The minimum atomic E-state index is 0.197. The smallest absolute Gasteiger partial charge is 0.289 e. The maximum absolute atomic E-state index is 9.60. The van der Waals surface area contributed by atoms with Gasteiger partial charge in [-0.15, -0.1) is 0 Å². The molecule has 100 valence electrons. The fourth-order valence-electron chi connectivity index (χ4n) is 1.78. The highest BCUT2D eigenvalue weighted by Crippen LogP contribution is 2.23. The number of methoxy groups -OCH3 is 1. The zero-order chi connectivity index (χ0) is 13.8. The summed E-state index contributed by atoms with van der Waals surface area (Å²) in [6.07, 6.45) is 3.95. The highest BCUT2D eigenvalue weighted by Gasteiger charge is 2.12. The molecule has 2 rings (SSSR count). The predicted octanol–water partition coefficient (Wildman–Crippen LogP) is 2.64. The molecule has 0 aliphatic heterocycles. The van der Waals surface area contributed by atoms with E-state index in [-0.39, 0.29) is 5.75 Å². The molecule has 0 spiro atoms. The van der Waals surface area contributed by atoms with Crippen molar-refractivity contribution >= 4 is 23.5 Å². The number of aromatic hydroxyl groups is 1. The third kappa shape index (κ3) is 3.32. The lowest BCUT2D eigenvalue weighted by Crippen LogP contribution is -2.36. The number of aromatic nitrogens is 2. The van der Waals surface area contributed by atoms with Gasteiger partial charge in [0, 0.05) is 17.2 Å². The summed E-state index contributed by atoms with van der Waals surface area (Å²) in [5.41, 5.74) is 0.894. The van der Waals surface area contributed by atoms with Crippen molar-refractivity contribution in [2.75, 3.05) is 7.11 Å². The van der Waals surface area contributed by atoms with Gasteiger partial charge >= 0.3 is 0 Å². The van der Waals surface area contributed by atoms with E-state index in [1.165, 1.54) is 0 Å². The molecule has 1 aromatic heterocycles. The number of benzene rings is 1. The van der Waals surface area contributed by atoms with E-state index in [9.17, 15) is 5.11 Å². The number of ether oxygens (including phenoxy) is 1. The number of hydrogen-bond acceptors (Lipinski definition) is 4. The lowest BCUT2D eigenvalue weighted by atomic mass is 10.2. The third-order valence-corrected chi connectivity index (χ3v) is 3.57. The Balaban J connectivity index is 2.29. The lowest BCUT2D eigenvalue weighted by Gasteiger charge is -2.01. The molecular weight excluding hydrogens is 260 g/mol. The van der Waals surface area contributed by atoms with Gasteiger partial charge in [-0.3, -0.25) is 0 Å². The molecule has 2 aromatic rings. The van der Waals surface area contributed by atoms with Crippen molar-refractivity contribution in [3.05, 3.63) is 33.8 Å². The molecule has 0 radical (unpaired) electrons. The van der Waals surface area contributed by atoms with Crippen LogP contribution in [0.2, 0.25) is 0 Å². The summed E-state index contributed by atoms with van der Waals surface area (Å²) in [6.45, 7) is 4.90. The van der Waals surface area contributed by atoms with Crippen LogP contribution < -0.4 is 9.42 Å². The van der Waals surface area contributed by atoms with E-state index in [0.717, 1.165) is 22.1 Å². The van der Waals surface area contributed by atoms with E-state index in [2.05, 4.69) is 12.0 Å². The fraction of sp³-hybridized carbons (Fsp3) is 0.286. The number of hydrogen-bond donors (Lipinski definition) is 1. The minimum absolute atomic E-state index is 0.197. The molecule has 4 nitrogen and oxygen atoms in total. The second-order valence-corrected chi connectivity index (χ2v) is 5.29. The summed E-state index contributed by atoms with van der Waals surface area (Å²) in [5.74, 6) is 0.839. The Kier molecular flexibility index (Phi) is 4.16. The molecule has 0 amide bonds. The first-order valence-electron chi connectivity index (χ1n) is 6.06. The maximum Gasteiger partial charge on any atom is 0.289 e. The SMILES string of the molecule is CC[n+]1nc(C)sc1C=Cc1cc(O)cc(OC)c1.